The minimum Gasteiger partial charge on any atom is -0.476 e. The second-order valence-corrected chi connectivity index (χ2v) is 6.32. The van der Waals surface area contributed by atoms with Crippen LogP contribution in [0.15, 0.2) is 18.2 Å². The molecular weight excluding hydrogens is 329 g/mol. The molecule has 0 bridgehead atoms. The number of halogens is 2. The van der Waals surface area contributed by atoms with Crippen molar-refractivity contribution in [2.45, 2.75) is 31.7 Å². The Labute approximate surface area is 139 Å². The van der Waals surface area contributed by atoms with Crippen molar-refractivity contribution in [1.82, 2.24) is 5.32 Å². The lowest BCUT2D eigenvalue weighted by Crippen LogP contribution is -2.53. The van der Waals surface area contributed by atoms with E-state index in [2.05, 4.69) is 17.2 Å². The van der Waals surface area contributed by atoms with Crippen LogP contribution in [-0.2, 0) is 4.79 Å². The van der Waals surface area contributed by atoms with Crippen LogP contribution in [0.2, 0.25) is 10.0 Å². The molecule has 0 heterocycles. The van der Waals surface area contributed by atoms with Crippen LogP contribution in [0, 0.1) is 11.8 Å². The summed E-state index contributed by atoms with van der Waals surface area (Å²) in [7, 11) is 0. The fourth-order valence-electron chi connectivity index (χ4n) is 1.90. The number of nitrogens with one attached hydrogen (secondary N) is 1. The smallest absolute Gasteiger partial charge is 0.218 e. The quantitative estimate of drug-likeness (QED) is 0.647. The van der Waals surface area contributed by atoms with Gasteiger partial charge < -0.3 is 10.1 Å². The van der Waals surface area contributed by atoms with E-state index in [1.165, 1.54) is 18.7 Å². The molecule has 3 nitrogen and oxygen atoms in total. The first-order valence-corrected chi connectivity index (χ1v) is 8.23. The van der Waals surface area contributed by atoms with Crippen LogP contribution in [0.1, 0.15) is 20.8 Å². The minimum atomic E-state index is -0.825. The molecular formula is C15H17Cl2NO2S. The Kier molecular flexibility index (Phi) is 6.73. The Morgan fingerprint density at radius 2 is 1.95 bits per heavy atom. The third-order valence-electron chi connectivity index (χ3n) is 2.59. The highest BCUT2D eigenvalue weighted by atomic mass is 35.5. The number of rotatable bonds is 5. The molecule has 2 atom stereocenters. The molecule has 6 heteroatoms. The molecule has 0 fully saturated rings. The van der Waals surface area contributed by atoms with E-state index in [4.69, 9.17) is 27.9 Å². The second-order valence-electron chi connectivity index (χ2n) is 4.55. The summed E-state index contributed by atoms with van der Waals surface area (Å²) in [5.41, 5.74) is -1.24. The van der Waals surface area contributed by atoms with Gasteiger partial charge in [0.25, 0.3) is 0 Å². The lowest BCUT2D eigenvalue weighted by Gasteiger charge is -2.33. The van der Waals surface area contributed by atoms with Gasteiger partial charge in [-0.15, -0.1) is 17.7 Å². The van der Waals surface area contributed by atoms with E-state index >= 15 is 0 Å². The number of thioether (sulfide) groups is 1. The van der Waals surface area contributed by atoms with Crippen LogP contribution in [0.4, 0.5) is 0 Å². The largest absolute Gasteiger partial charge is 0.476 e. The van der Waals surface area contributed by atoms with E-state index in [-0.39, 0.29) is 5.91 Å². The Bertz CT molecular complexity index is 563. The summed E-state index contributed by atoms with van der Waals surface area (Å²) in [6, 6.07) is 4.97. The standard InChI is InChI=1S/C15H17Cl2NO2S/c1-5-6-15(3,18-10(2)19)14(21-4)20-13-8-11(16)7-12(17)9-13/h7-9,14H,1-4H3,(H,18,19). The van der Waals surface area contributed by atoms with Gasteiger partial charge in [0.05, 0.1) is 0 Å². The van der Waals surface area contributed by atoms with Crippen molar-refractivity contribution in [2.24, 2.45) is 0 Å². The maximum absolute atomic E-state index is 11.4. The van der Waals surface area contributed by atoms with Gasteiger partial charge >= 0.3 is 0 Å². The Morgan fingerprint density at radius 1 is 1.38 bits per heavy atom. The van der Waals surface area contributed by atoms with Crippen LogP contribution >= 0.6 is 35.0 Å². The van der Waals surface area contributed by atoms with Crippen molar-refractivity contribution >= 4 is 40.9 Å². The van der Waals surface area contributed by atoms with Crippen molar-refractivity contribution in [1.29, 1.82) is 0 Å². The first-order chi connectivity index (χ1) is 9.80. The number of carbonyl (C=O) groups is 1. The van der Waals surface area contributed by atoms with Gasteiger partial charge in [-0.2, -0.15) is 0 Å². The molecule has 0 aromatic heterocycles. The van der Waals surface area contributed by atoms with Gasteiger partial charge in [-0.3, -0.25) is 4.79 Å². The molecule has 1 aromatic rings. The number of hydrogen-bond acceptors (Lipinski definition) is 3. The highest BCUT2D eigenvalue weighted by Crippen LogP contribution is 2.29. The first kappa shape index (κ1) is 18.0. The summed E-state index contributed by atoms with van der Waals surface area (Å²) in [6.07, 6.45) is 1.88. The van der Waals surface area contributed by atoms with Crippen LogP contribution in [-0.4, -0.2) is 23.1 Å². The van der Waals surface area contributed by atoms with Gasteiger partial charge in [0.1, 0.15) is 11.3 Å². The first-order valence-electron chi connectivity index (χ1n) is 6.19. The van der Waals surface area contributed by atoms with Gasteiger partial charge in [0.15, 0.2) is 5.44 Å². The van der Waals surface area contributed by atoms with E-state index in [0.717, 1.165) is 0 Å². The summed E-state index contributed by atoms with van der Waals surface area (Å²) in [5.74, 6) is 6.18. The zero-order valence-corrected chi connectivity index (χ0v) is 14.6. The zero-order chi connectivity index (χ0) is 16.0. The summed E-state index contributed by atoms with van der Waals surface area (Å²) >= 11 is 13.4. The molecule has 1 amide bonds. The number of hydrogen-bond donors (Lipinski definition) is 1. The van der Waals surface area contributed by atoms with E-state index in [1.54, 1.807) is 25.1 Å². The number of amides is 1. The summed E-state index contributed by atoms with van der Waals surface area (Å²) in [4.78, 5) is 11.4. The predicted octanol–water partition coefficient (Wildman–Crippen LogP) is 3.98. The van der Waals surface area contributed by atoms with Gasteiger partial charge in [-0.05, 0) is 38.3 Å². The number of ether oxygens (including phenoxy) is 1. The Balaban J connectivity index is 3.08. The summed E-state index contributed by atoms with van der Waals surface area (Å²) in [5, 5.41) is 3.81. The van der Waals surface area contributed by atoms with Gasteiger partial charge in [-0.1, -0.05) is 29.1 Å². The molecule has 1 rings (SSSR count). The minimum absolute atomic E-state index is 0.174. The molecule has 114 valence electrons. The van der Waals surface area contributed by atoms with Crippen molar-refractivity contribution < 1.29 is 9.53 Å². The molecule has 0 radical (unpaired) electrons. The molecule has 21 heavy (non-hydrogen) atoms. The molecule has 1 N–H and O–H groups in total. The monoisotopic (exact) mass is 345 g/mol. The number of carbonyl (C=O) groups excluding carboxylic acids is 1. The third-order valence-corrected chi connectivity index (χ3v) is 4.02. The maximum Gasteiger partial charge on any atom is 0.218 e. The van der Waals surface area contributed by atoms with E-state index in [9.17, 15) is 4.79 Å². The Hall–Kier alpha value is -1.02. The molecule has 2 unspecified atom stereocenters. The van der Waals surface area contributed by atoms with Gasteiger partial charge in [0.2, 0.25) is 5.91 Å². The molecule has 0 aliphatic heterocycles. The Morgan fingerprint density at radius 3 is 2.38 bits per heavy atom. The lowest BCUT2D eigenvalue weighted by molar-refractivity contribution is -0.120. The third kappa shape index (κ3) is 5.35. The maximum atomic E-state index is 11.4. The van der Waals surface area contributed by atoms with Gasteiger partial charge in [0, 0.05) is 17.0 Å². The van der Waals surface area contributed by atoms with Crippen molar-refractivity contribution in [3.63, 3.8) is 0 Å². The molecule has 1 aromatic carbocycles. The van der Waals surface area contributed by atoms with Crippen molar-refractivity contribution in [2.75, 3.05) is 6.26 Å². The van der Waals surface area contributed by atoms with Crippen molar-refractivity contribution in [3.8, 4) is 17.6 Å². The average molecular weight is 346 g/mol. The molecule has 0 spiro atoms. The topological polar surface area (TPSA) is 38.3 Å². The second kappa shape index (κ2) is 7.84. The van der Waals surface area contributed by atoms with Crippen LogP contribution < -0.4 is 10.1 Å². The predicted molar refractivity (Wildman–Crippen MR) is 90.1 cm³/mol. The van der Waals surface area contributed by atoms with Crippen LogP contribution in [0.5, 0.6) is 5.75 Å². The molecule has 0 saturated heterocycles. The zero-order valence-electron chi connectivity index (χ0n) is 12.3. The highest BCUT2D eigenvalue weighted by molar-refractivity contribution is 7.99. The molecule has 0 aliphatic carbocycles. The average Bonchev–Trinajstić information content (AvgIpc) is 2.33. The summed E-state index contributed by atoms with van der Waals surface area (Å²) < 4.78 is 5.92. The number of benzene rings is 1. The van der Waals surface area contributed by atoms with Crippen molar-refractivity contribution in [3.05, 3.63) is 28.2 Å². The fourth-order valence-corrected chi connectivity index (χ4v) is 3.20. The van der Waals surface area contributed by atoms with E-state index in [0.29, 0.717) is 15.8 Å². The van der Waals surface area contributed by atoms with Gasteiger partial charge in [-0.25, -0.2) is 0 Å². The normalized spacial score (nSPS) is 14.4. The van der Waals surface area contributed by atoms with E-state index in [1.807, 2.05) is 13.2 Å². The SMILES string of the molecule is CC#CC(C)(NC(C)=O)C(Oc1cc(Cl)cc(Cl)c1)SC. The highest BCUT2D eigenvalue weighted by Gasteiger charge is 2.35. The fraction of sp³-hybridized carbons (Fsp3) is 0.400. The lowest BCUT2D eigenvalue weighted by atomic mass is 10.0. The molecule has 0 saturated carbocycles. The van der Waals surface area contributed by atoms with E-state index < -0.39 is 11.0 Å². The van der Waals surface area contributed by atoms with Crippen LogP contribution in [0.3, 0.4) is 0 Å². The van der Waals surface area contributed by atoms with Crippen LogP contribution in [0.25, 0.3) is 0 Å². The molecule has 0 aliphatic rings. The summed E-state index contributed by atoms with van der Waals surface area (Å²) in [6.45, 7) is 4.98.